The first-order valence-electron chi connectivity index (χ1n) is 17.8. The number of amides is 4. The van der Waals surface area contributed by atoms with Crippen molar-refractivity contribution >= 4 is 42.8 Å². The maximum absolute atomic E-state index is 13.8. The minimum absolute atomic E-state index is 0.00269. The van der Waals surface area contributed by atoms with Crippen LogP contribution >= 0.6 is 7.60 Å². The maximum atomic E-state index is 13.8. The van der Waals surface area contributed by atoms with Crippen LogP contribution in [0.15, 0.2) is 42.9 Å². The number of aliphatic hydroxyl groups excluding tert-OH is 1. The van der Waals surface area contributed by atoms with Gasteiger partial charge < -0.3 is 40.8 Å². The number of aromatic nitrogens is 2. The highest BCUT2D eigenvalue weighted by Crippen LogP contribution is 2.46. The third kappa shape index (κ3) is 13.6. The predicted molar refractivity (Wildman–Crippen MR) is 194 cm³/mol. The lowest BCUT2D eigenvalue weighted by molar-refractivity contribution is -0.138. The first-order valence-corrected chi connectivity index (χ1v) is 19.6. The zero-order valence-corrected chi connectivity index (χ0v) is 31.6. The molecule has 0 bridgehead atoms. The number of aromatic amines is 1. The van der Waals surface area contributed by atoms with Crippen LogP contribution in [0.2, 0.25) is 0 Å². The van der Waals surface area contributed by atoms with E-state index >= 15 is 0 Å². The van der Waals surface area contributed by atoms with Crippen molar-refractivity contribution in [3.05, 3.63) is 54.1 Å². The van der Waals surface area contributed by atoms with Crippen LogP contribution in [0, 0.1) is 23.7 Å². The minimum Gasteiger partial charge on any atom is -0.394 e. The van der Waals surface area contributed by atoms with Gasteiger partial charge in [0, 0.05) is 50.5 Å². The maximum Gasteiger partial charge on any atom is 0.328 e. The van der Waals surface area contributed by atoms with E-state index in [-0.39, 0.29) is 37.7 Å². The fraction of sp³-hybridized carbons (Fsp3) is 0.583. The highest BCUT2D eigenvalue weighted by Gasteiger charge is 2.37. The summed E-state index contributed by atoms with van der Waals surface area (Å²) in [6, 6.07) is 5.57. The van der Waals surface area contributed by atoms with Gasteiger partial charge in [-0.2, -0.15) is 0 Å². The molecule has 1 aromatic heterocycles. The molecule has 2 heterocycles. The number of carbonyl (C=O) groups excluding carboxylic acids is 6. The summed E-state index contributed by atoms with van der Waals surface area (Å²) in [5, 5.41) is 15.5. The Labute approximate surface area is 309 Å². The van der Waals surface area contributed by atoms with Crippen molar-refractivity contribution in [2.75, 3.05) is 19.3 Å². The van der Waals surface area contributed by atoms with Gasteiger partial charge in [0.25, 0.3) is 0 Å². The Kier molecular flexibility index (Phi) is 16.5. The molecular formula is C36H53N6O10P. The van der Waals surface area contributed by atoms with Crippen LogP contribution in [0.25, 0.3) is 0 Å². The zero-order valence-electron chi connectivity index (χ0n) is 30.7. The molecule has 1 fully saturated rings. The van der Waals surface area contributed by atoms with Crippen LogP contribution in [-0.2, 0) is 50.9 Å². The summed E-state index contributed by atoms with van der Waals surface area (Å²) in [6.07, 6.45) is 2.91. The lowest BCUT2D eigenvalue weighted by Gasteiger charge is -2.27. The average molecular weight is 761 g/mol. The molecule has 7 atom stereocenters. The fourth-order valence-corrected chi connectivity index (χ4v) is 7.92. The number of nitrogens with two attached hydrogens (primary N) is 1. The van der Waals surface area contributed by atoms with E-state index in [1.807, 2.05) is 13.8 Å². The minimum atomic E-state index is -4.22. The Balaban J connectivity index is 1.71. The summed E-state index contributed by atoms with van der Waals surface area (Å²) in [5.41, 5.74) is 6.78. The molecule has 7 N–H and O–H groups in total. The van der Waals surface area contributed by atoms with E-state index in [0.717, 1.165) is 0 Å². The summed E-state index contributed by atoms with van der Waals surface area (Å²) in [6.45, 7) is 6.09. The van der Waals surface area contributed by atoms with E-state index in [2.05, 4.69) is 20.6 Å². The number of aliphatic hydroxyl groups is 1. The summed E-state index contributed by atoms with van der Waals surface area (Å²) < 4.78 is 18.1. The van der Waals surface area contributed by atoms with Crippen LogP contribution in [0.3, 0.4) is 0 Å². The van der Waals surface area contributed by atoms with E-state index in [4.69, 9.17) is 10.3 Å². The summed E-state index contributed by atoms with van der Waals surface area (Å²) >= 11 is 0. The van der Waals surface area contributed by atoms with Crippen molar-refractivity contribution in [3.63, 3.8) is 0 Å². The molecule has 4 amide bonds. The molecule has 1 unspecified atom stereocenters. The third-order valence-electron chi connectivity index (χ3n) is 9.37. The molecular weight excluding hydrogens is 707 g/mol. The smallest absolute Gasteiger partial charge is 0.328 e. The number of benzene rings is 1. The molecule has 0 radical (unpaired) electrons. The number of rotatable bonds is 22. The lowest BCUT2D eigenvalue weighted by atomic mass is 9.87. The monoisotopic (exact) mass is 760 g/mol. The molecule has 17 heteroatoms. The summed E-state index contributed by atoms with van der Waals surface area (Å²) in [4.78, 5) is 97.5. The molecule has 292 valence electrons. The number of hydrogen-bond acceptors (Lipinski definition) is 10. The van der Waals surface area contributed by atoms with Gasteiger partial charge in [0.05, 0.1) is 37.7 Å². The van der Waals surface area contributed by atoms with Gasteiger partial charge in [0.15, 0.2) is 11.6 Å². The number of likely N-dealkylation sites (tertiary alicyclic amines) is 1. The van der Waals surface area contributed by atoms with Gasteiger partial charge in [-0.15, -0.1) is 0 Å². The van der Waals surface area contributed by atoms with Crippen LogP contribution in [-0.4, -0.2) is 97.5 Å². The van der Waals surface area contributed by atoms with Gasteiger partial charge in [-0.1, -0.05) is 51.1 Å². The SMILES string of the molecule is CC(=O)N1CCC[C@H]1C(=O)N[C@@H](CC(C)C)C(=O)C[C@@H](Cc1cnc[nH]1)C(=O)N[C@@H](CO)C(=O)C[C@H](C(N)=O)[C@@H](C)CP(=O)(O)OCc1ccccc1. The highest BCUT2D eigenvalue weighted by atomic mass is 31.2. The number of imidazole rings is 1. The molecule has 16 nitrogen and oxygen atoms in total. The highest BCUT2D eigenvalue weighted by molar-refractivity contribution is 7.52. The molecule has 1 saturated heterocycles. The molecule has 0 saturated carbocycles. The number of Topliss-reactive ketones (excluding diaryl/α,β-unsaturated/α-hetero) is 2. The molecule has 2 aromatic rings. The van der Waals surface area contributed by atoms with E-state index in [1.165, 1.54) is 31.3 Å². The van der Waals surface area contributed by atoms with Crippen molar-refractivity contribution in [1.82, 2.24) is 25.5 Å². The summed E-state index contributed by atoms with van der Waals surface area (Å²) in [5.74, 6) is -6.72. The Morgan fingerprint density at radius 3 is 2.32 bits per heavy atom. The number of primary amides is 1. The van der Waals surface area contributed by atoms with E-state index < -0.39 is 92.0 Å². The number of hydrogen-bond donors (Lipinski definition) is 6. The lowest BCUT2D eigenvalue weighted by Crippen LogP contribution is -2.52. The summed E-state index contributed by atoms with van der Waals surface area (Å²) in [7, 11) is -4.22. The second-order valence-electron chi connectivity index (χ2n) is 14.2. The van der Waals surface area contributed by atoms with Crippen molar-refractivity contribution in [2.24, 2.45) is 29.4 Å². The topological polar surface area (TPSA) is 251 Å². The van der Waals surface area contributed by atoms with Crippen LogP contribution in [0.5, 0.6) is 0 Å². The van der Waals surface area contributed by atoms with Gasteiger partial charge in [-0.25, -0.2) is 4.98 Å². The van der Waals surface area contributed by atoms with E-state index in [9.17, 15) is 43.3 Å². The Morgan fingerprint density at radius 2 is 1.74 bits per heavy atom. The molecule has 1 aliphatic rings. The molecule has 3 rings (SSSR count). The largest absolute Gasteiger partial charge is 0.394 e. The first-order chi connectivity index (χ1) is 25.0. The number of nitrogens with zero attached hydrogens (tertiary/aromatic N) is 2. The normalized spacial score (nSPS) is 18.3. The molecule has 53 heavy (non-hydrogen) atoms. The predicted octanol–water partition coefficient (Wildman–Crippen LogP) is 1.65. The van der Waals surface area contributed by atoms with E-state index in [0.29, 0.717) is 30.6 Å². The number of H-pyrrole nitrogens is 1. The van der Waals surface area contributed by atoms with Crippen LogP contribution < -0.4 is 16.4 Å². The Morgan fingerprint density at radius 1 is 1.06 bits per heavy atom. The zero-order chi connectivity index (χ0) is 39.3. The van der Waals surface area contributed by atoms with Crippen molar-refractivity contribution in [1.29, 1.82) is 0 Å². The van der Waals surface area contributed by atoms with Gasteiger partial charge in [0.2, 0.25) is 23.6 Å². The standard InChI is InChI=1S/C36H53N6O10P/c1-22(2)13-29(40-36(49)31-11-8-12-42(31)24(4)44)32(45)15-26(14-27-17-38-21-39-27)35(48)41-30(18-43)33(46)16-28(34(37)47)23(3)20-53(50,51)52-19-25-9-6-5-7-10-25/h5-7,9-10,17,21-23,26,28-31,43H,8,11-16,18-20H2,1-4H3,(H2,37,47)(H,38,39)(H,40,49)(H,41,48)(H,50,51)/t23-,26+,28-,29-,30-,31-/m0/s1. The fourth-order valence-electron chi connectivity index (χ4n) is 6.48. The number of carbonyl (C=O) groups is 6. The molecule has 0 aliphatic carbocycles. The van der Waals surface area contributed by atoms with Gasteiger partial charge >= 0.3 is 7.60 Å². The molecule has 1 aromatic carbocycles. The molecule has 0 spiro atoms. The Bertz CT molecular complexity index is 1600. The second-order valence-corrected chi connectivity index (χ2v) is 16.1. The quantitative estimate of drug-likeness (QED) is 0.0942. The van der Waals surface area contributed by atoms with Crippen molar-refractivity contribution < 1.29 is 47.9 Å². The number of ketones is 2. The average Bonchev–Trinajstić information content (AvgIpc) is 3.81. The number of nitrogens with one attached hydrogen (secondary N) is 3. The molecule has 1 aliphatic heterocycles. The van der Waals surface area contributed by atoms with Gasteiger partial charge in [0.1, 0.15) is 12.1 Å². The first kappa shape index (κ1) is 43.2. The van der Waals surface area contributed by atoms with Crippen molar-refractivity contribution in [3.8, 4) is 0 Å². The van der Waals surface area contributed by atoms with Crippen molar-refractivity contribution in [2.45, 2.75) is 91.0 Å². The van der Waals surface area contributed by atoms with Crippen LogP contribution in [0.4, 0.5) is 0 Å². The van der Waals surface area contributed by atoms with Gasteiger partial charge in [-0.05, 0) is 36.7 Å². The van der Waals surface area contributed by atoms with Gasteiger partial charge in [-0.3, -0.25) is 33.3 Å². The third-order valence-corrected chi connectivity index (χ3v) is 10.9. The second kappa shape index (κ2) is 20.3. The Hall–Kier alpha value is -4.24. The van der Waals surface area contributed by atoms with Crippen LogP contribution in [0.1, 0.15) is 71.1 Å². The van der Waals surface area contributed by atoms with E-state index in [1.54, 1.807) is 30.3 Å².